The molecule has 0 saturated carbocycles. The Bertz CT molecular complexity index is 1180. The van der Waals surface area contributed by atoms with Crippen LogP contribution in [0, 0.1) is 11.3 Å². The number of carbonyl (C=O) groups excluding carboxylic acids is 1. The van der Waals surface area contributed by atoms with Crippen molar-refractivity contribution in [1.82, 2.24) is 0 Å². The number of nitriles is 1. The number of benzene rings is 3. The molecular formula is C27H25BrN2O5. The molecule has 1 amide bonds. The van der Waals surface area contributed by atoms with Gasteiger partial charge in [0.2, 0.25) is 0 Å². The van der Waals surface area contributed by atoms with Crippen LogP contribution >= 0.6 is 15.9 Å². The molecule has 0 radical (unpaired) electrons. The summed E-state index contributed by atoms with van der Waals surface area (Å²) in [6.45, 7) is 1.55. The summed E-state index contributed by atoms with van der Waals surface area (Å²) in [6, 6.07) is 23.9. The van der Waals surface area contributed by atoms with Crippen LogP contribution < -0.4 is 19.5 Å². The molecule has 7 nitrogen and oxygen atoms in total. The predicted molar refractivity (Wildman–Crippen MR) is 138 cm³/mol. The summed E-state index contributed by atoms with van der Waals surface area (Å²) >= 11 is 3.48. The fraction of sp³-hybridized carbons (Fsp3) is 0.185. The maximum atomic E-state index is 12.5. The van der Waals surface area contributed by atoms with E-state index in [2.05, 4.69) is 21.2 Å². The lowest BCUT2D eigenvalue weighted by Gasteiger charge is -2.14. The topological polar surface area (TPSA) is 89.8 Å². The minimum atomic E-state index is -0.498. The number of hydrogen-bond acceptors (Lipinski definition) is 6. The number of methoxy groups -OCH3 is 1. The van der Waals surface area contributed by atoms with Gasteiger partial charge in [-0.05, 0) is 64.0 Å². The number of nitrogens with zero attached hydrogens (tertiary/aromatic N) is 1. The van der Waals surface area contributed by atoms with Gasteiger partial charge in [-0.2, -0.15) is 5.26 Å². The third-order valence-corrected chi connectivity index (χ3v) is 5.26. The average molecular weight is 537 g/mol. The molecule has 3 aromatic carbocycles. The third-order valence-electron chi connectivity index (χ3n) is 4.67. The highest BCUT2D eigenvalue weighted by molar-refractivity contribution is 9.10. The summed E-state index contributed by atoms with van der Waals surface area (Å²) in [4.78, 5) is 12.5. The smallest absolute Gasteiger partial charge is 0.266 e. The number of halogens is 1. The zero-order valence-electron chi connectivity index (χ0n) is 19.2. The molecule has 0 aliphatic rings. The predicted octanol–water partition coefficient (Wildman–Crippen LogP) is 5.48. The SMILES string of the molecule is COc1cc(/C=C(\C#N)C(=O)Nc2ccccc2)cc(Br)c1OCCOCCOc1ccccc1. The van der Waals surface area contributed by atoms with Crippen molar-refractivity contribution in [3.05, 3.63) is 88.4 Å². The summed E-state index contributed by atoms with van der Waals surface area (Å²) in [5.74, 6) is 1.26. The molecule has 0 bridgehead atoms. The summed E-state index contributed by atoms with van der Waals surface area (Å²) in [6.07, 6.45) is 1.49. The Morgan fingerprint density at radius 2 is 1.63 bits per heavy atom. The Morgan fingerprint density at radius 1 is 0.971 bits per heavy atom. The molecule has 0 atom stereocenters. The molecule has 0 heterocycles. The van der Waals surface area contributed by atoms with Crippen LogP contribution in [-0.2, 0) is 9.53 Å². The number of amides is 1. The van der Waals surface area contributed by atoms with Gasteiger partial charge in [-0.15, -0.1) is 0 Å². The van der Waals surface area contributed by atoms with E-state index in [4.69, 9.17) is 18.9 Å². The lowest BCUT2D eigenvalue weighted by Crippen LogP contribution is -2.13. The molecule has 0 aliphatic carbocycles. The normalized spacial score (nSPS) is 10.8. The highest BCUT2D eigenvalue weighted by Crippen LogP contribution is 2.37. The van der Waals surface area contributed by atoms with Gasteiger partial charge in [-0.1, -0.05) is 36.4 Å². The second kappa shape index (κ2) is 13.8. The fourth-order valence-corrected chi connectivity index (χ4v) is 3.61. The molecule has 0 spiro atoms. The molecule has 0 saturated heterocycles. The summed E-state index contributed by atoms with van der Waals surface area (Å²) in [5, 5.41) is 12.2. The summed E-state index contributed by atoms with van der Waals surface area (Å²) < 4.78 is 23.1. The lowest BCUT2D eigenvalue weighted by atomic mass is 10.1. The number of rotatable bonds is 12. The van der Waals surface area contributed by atoms with E-state index in [1.165, 1.54) is 13.2 Å². The van der Waals surface area contributed by atoms with Crippen molar-refractivity contribution in [2.24, 2.45) is 0 Å². The van der Waals surface area contributed by atoms with Crippen molar-refractivity contribution in [3.8, 4) is 23.3 Å². The Kier molecular flexibility index (Phi) is 10.2. The molecule has 3 rings (SSSR count). The second-order valence-electron chi connectivity index (χ2n) is 7.15. The van der Waals surface area contributed by atoms with Crippen LogP contribution in [0.15, 0.2) is 82.8 Å². The second-order valence-corrected chi connectivity index (χ2v) is 8.00. The van der Waals surface area contributed by atoms with Gasteiger partial charge >= 0.3 is 0 Å². The molecule has 180 valence electrons. The summed E-state index contributed by atoms with van der Waals surface area (Å²) in [5.41, 5.74) is 1.17. The standard InChI is InChI=1S/C27H25BrN2O5/c1-32-25-18-20(16-21(19-29)27(31)30-22-8-4-2-5-9-22)17-24(28)26(25)35-15-13-33-12-14-34-23-10-6-3-7-11-23/h2-11,16-18H,12-15H2,1H3,(H,30,31)/b21-16+. The van der Waals surface area contributed by atoms with Crippen molar-refractivity contribution < 1.29 is 23.7 Å². The van der Waals surface area contributed by atoms with Gasteiger partial charge in [0.1, 0.15) is 30.6 Å². The number of nitrogens with one attached hydrogen (secondary N) is 1. The van der Waals surface area contributed by atoms with E-state index in [0.29, 0.717) is 53.7 Å². The Morgan fingerprint density at radius 3 is 2.29 bits per heavy atom. The maximum Gasteiger partial charge on any atom is 0.266 e. The number of carbonyl (C=O) groups is 1. The quantitative estimate of drug-likeness (QED) is 0.187. The zero-order valence-corrected chi connectivity index (χ0v) is 20.8. The molecule has 35 heavy (non-hydrogen) atoms. The van der Waals surface area contributed by atoms with Crippen LogP contribution in [-0.4, -0.2) is 39.4 Å². The molecule has 8 heteroatoms. The van der Waals surface area contributed by atoms with E-state index in [1.54, 1.807) is 36.4 Å². The average Bonchev–Trinajstić information content (AvgIpc) is 2.88. The van der Waals surface area contributed by atoms with Gasteiger partial charge in [0.25, 0.3) is 5.91 Å². The van der Waals surface area contributed by atoms with Gasteiger partial charge in [0.15, 0.2) is 11.5 Å². The van der Waals surface area contributed by atoms with Crippen LogP contribution in [0.3, 0.4) is 0 Å². The number of para-hydroxylation sites is 2. The third kappa shape index (κ3) is 8.18. The van der Waals surface area contributed by atoms with Crippen molar-refractivity contribution in [1.29, 1.82) is 5.26 Å². The Labute approximate surface area is 213 Å². The van der Waals surface area contributed by atoms with Gasteiger partial charge in [0.05, 0.1) is 24.8 Å². The minimum absolute atomic E-state index is 0.0393. The van der Waals surface area contributed by atoms with E-state index < -0.39 is 5.91 Å². The molecule has 0 fully saturated rings. The van der Waals surface area contributed by atoms with Crippen LogP contribution in [0.4, 0.5) is 5.69 Å². The fourth-order valence-electron chi connectivity index (χ4n) is 3.04. The van der Waals surface area contributed by atoms with Gasteiger partial charge in [-0.25, -0.2) is 0 Å². The van der Waals surface area contributed by atoms with Crippen molar-refractivity contribution in [2.75, 3.05) is 38.9 Å². The van der Waals surface area contributed by atoms with Gasteiger partial charge < -0.3 is 24.3 Å². The highest BCUT2D eigenvalue weighted by atomic mass is 79.9. The lowest BCUT2D eigenvalue weighted by molar-refractivity contribution is -0.112. The van der Waals surface area contributed by atoms with Crippen LogP contribution in [0.1, 0.15) is 5.56 Å². The number of hydrogen-bond donors (Lipinski definition) is 1. The Balaban J connectivity index is 1.54. The number of anilines is 1. The van der Waals surface area contributed by atoms with E-state index in [1.807, 2.05) is 42.5 Å². The maximum absolute atomic E-state index is 12.5. The summed E-state index contributed by atoms with van der Waals surface area (Å²) in [7, 11) is 1.52. The largest absolute Gasteiger partial charge is 0.493 e. The van der Waals surface area contributed by atoms with Crippen molar-refractivity contribution in [2.45, 2.75) is 0 Å². The molecule has 3 aromatic rings. The van der Waals surface area contributed by atoms with Crippen molar-refractivity contribution >= 4 is 33.6 Å². The van der Waals surface area contributed by atoms with Crippen LogP contribution in [0.2, 0.25) is 0 Å². The highest BCUT2D eigenvalue weighted by Gasteiger charge is 2.14. The number of ether oxygens (including phenoxy) is 4. The Hall–Kier alpha value is -3.80. The molecule has 0 aliphatic heterocycles. The first-order chi connectivity index (χ1) is 17.1. The molecule has 1 N–H and O–H groups in total. The van der Waals surface area contributed by atoms with E-state index >= 15 is 0 Å². The van der Waals surface area contributed by atoms with Crippen molar-refractivity contribution in [3.63, 3.8) is 0 Å². The minimum Gasteiger partial charge on any atom is -0.493 e. The van der Waals surface area contributed by atoms with Gasteiger partial charge in [-0.3, -0.25) is 4.79 Å². The first-order valence-electron chi connectivity index (χ1n) is 10.8. The van der Waals surface area contributed by atoms with Gasteiger partial charge in [0, 0.05) is 5.69 Å². The van der Waals surface area contributed by atoms with Crippen LogP contribution in [0.5, 0.6) is 17.2 Å². The molecule has 0 unspecified atom stereocenters. The van der Waals surface area contributed by atoms with E-state index in [9.17, 15) is 10.1 Å². The monoisotopic (exact) mass is 536 g/mol. The molecule has 0 aromatic heterocycles. The molecular weight excluding hydrogens is 512 g/mol. The first-order valence-corrected chi connectivity index (χ1v) is 11.6. The van der Waals surface area contributed by atoms with Crippen LogP contribution in [0.25, 0.3) is 6.08 Å². The first kappa shape index (κ1) is 25.8. The van der Waals surface area contributed by atoms with E-state index in [0.717, 1.165) is 5.75 Å². The zero-order chi connectivity index (χ0) is 24.9. The van der Waals surface area contributed by atoms with E-state index in [-0.39, 0.29) is 5.57 Å².